The lowest BCUT2D eigenvalue weighted by Gasteiger charge is -2.13. The number of fused-ring (bicyclic) bond motifs is 2. The number of aromatic hydroxyl groups is 2. The number of azo groups is 2. The predicted molar refractivity (Wildman–Crippen MR) is 176 cm³/mol. The molecular formula is C32H22N6O8S2-2. The van der Waals surface area contributed by atoms with E-state index in [1.807, 2.05) is 0 Å². The van der Waals surface area contributed by atoms with E-state index in [1.54, 1.807) is 48.5 Å². The zero-order valence-electron chi connectivity index (χ0n) is 24.3. The molecule has 0 aliphatic heterocycles. The van der Waals surface area contributed by atoms with Gasteiger partial charge in [-0.1, -0.05) is 36.4 Å². The Balaban J connectivity index is 1.20. The van der Waals surface area contributed by atoms with Crippen LogP contribution in [0.15, 0.2) is 127 Å². The van der Waals surface area contributed by atoms with Gasteiger partial charge in [0.25, 0.3) is 0 Å². The van der Waals surface area contributed by atoms with Crippen LogP contribution < -0.4 is 11.5 Å². The summed E-state index contributed by atoms with van der Waals surface area (Å²) < 4.78 is 69.7. The lowest BCUT2D eigenvalue weighted by atomic mass is 10.1. The van der Waals surface area contributed by atoms with Gasteiger partial charge in [-0.05, 0) is 71.8 Å². The number of hydrogen-bond donors (Lipinski definition) is 4. The normalized spacial score (nSPS) is 12.5. The van der Waals surface area contributed by atoms with E-state index in [2.05, 4.69) is 20.5 Å². The number of benzene rings is 6. The van der Waals surface area contributed by atoms with Crippen LogP contribution >= 0.6 is 0 Å². The average Bonchev–Trinajstić information content (AvgIpc) is 3.03. The molecule has 242 valence electrons. The molecule has 0 aliphatic carbocycles. The van der Waals surface area contributed by atoms with Crippen LogP contribution in [0.25, 0.3) is 32.7 Å². The molecule has 6 N–H and O–H groups in total. The van der Waals surface area contributed by atoms with Crippen LogP contribution in [0, 0.1) is 0 Å². The summed E-state index contributed by atoms with van der Waals surface area (Å²) in [6.45, 7) is 0. The fourth-order valence-electron chi connectivity index (χ4n) is 5.09. The lowest BCUT2D eigenvalue weighted by Crippen LogP contribution is -2.01. The fraction of sp³-hybridized carbons (Fsp3) is 0. The van der Waals surface area contributed by atoms with Gasteiger partial charge in [-0.25, -0.2) is 16.8 Å². The van der Waals surface area contributed by atoms with Gasteiger partial charge in [0.05, 0.1) is 31.9 Å². The highest BCUT2D eigenvalue weighted by Gasteiger charge is 2.17. The van der Waals surface area contributed by atoms with Gasteiger partial charge in [0.1, 0.15) is 31.6 Å². The molecule has 6 aromatic rings. The van der Waals surface area contributed by atoms with Gasteiger partial charge in [-0.2, -0.15) is 10.2 Å². The molecule has 0 aromatic heterocycles. The van der Waals surface area contributed by atoms with Crippen molar-refractivity contribution in [1.29, 1.82) is 0 Å². The first kappa shape index (κ1) is 32.0. The first-order valence-electron chi connectivity index (χ1n) is 13.8. The van der Waals surface area contributed by atoms with E-state index in [0.717, 1.165) is 23.3 Å². The second-order valence-electron chi connectivity index (χ2n) is 10.4. The zero-order valence-corrected chi connectivity index (χ0v) is 26.0. The van der Waals surface area contributed by atoms with Crippen LogP contribution in [-0.2, 0) is 20.2 Å². The molecule has 0 aliphatic rings. The summed E-state index contributed by atoms with van der Waals surface area (Å²) in [5, 5.41) is 37.8. The summed E-state index contributed by atoms with van der Waals surface area (Å²) in [7, 11) is -9.61. The van der Waals surface area contributed by atoms with E-state index in [-0.39, 0.29) is 44.3 Å². The Labute approximate surface area is 272 Å². The molecule has 0 unspecified atom stereocenters. The number of nitrogens with zero attached hydrogens (tertiary/aromatic N) is 4. The maximum atomic E-state index is 11.6. The third-order valence-corrected chi connectivity index (χ3v) is 9.19. The Morgan fingerprint density at radius 1 is 0.479 bits per heavy atom. The SMILES string of the molecule is Nc1ccc(S(=O)(=O)[O-])c2ccc(N=Nc3ccc(-c4ccc(N=Nc5ccc6c(S(=O)(=O)[O-])ccc(N)c6c5O)cc4)cc3)c(O)c12. The van der Waals surface area contributed by atoms with Gasteiger partial charge in [-0.3, -0.25) is 0 Å². The number of phenolic OH excluding ortho intramolecular Hbond substituents is 2. The van der Waals surface area contributed by atoms with Crippen molar-refractivity contribution >= 4 is 75.9 Å². The molecule has 0 amide bonds. The maximum absolute atomic E-state index is 11.6. The van der Waals surface area contributed by atoms with Gasteiger partial charge in [0.2, 0.25) is 0 Å². The van der Waals surface area contributed by atoms with Gasteiger partial charge < -0.3 is 30.8 Å². The highest BCUT2D eigenvalue weighted by Crippen LogP contribution is 2.42. The Morgan fingerprint density at radius 3 is 1.17 bits per heavy atom. The van der Waals surface area contributed by atoms with Crippen molar-refractivity contribution in [1.82, 2.24) is 0 Å². The molecule has 0 saturated heterocycles. The van der Waals surface area contributed by atoms with Crippen LogP contribution in [0.2, 0.25) is 0 Å². The van der Waals surface area contributed by atoms with Crippen LogP contribution in [0.4, 0.5) is 34.1 Å². The summed E-state index contributed by atoms with van der Waals surface area (Å²) in [6.07, 6.45) is 0. The number of nitrogen functional groups attached to an aromatic ring is 2. The maximum Gasteiger partial charge on any atom is 0.153 e. The first-order chi connectivity index (χ1) is 22.7. The largest absolute Gasteiger partial charge is 0.744 e. The van der Waals surface area contributed by atoms with E-state index in [1.165, 1.54) is 36.4 Å². The molecule has 0 saturated carbocycles. The van der Waals surface area contributed by atoms with Crippen molar-refractivity contribution in [2.75, 3.05) is 11.5 Å². The molecule has 16 heteroatoms. The molecular weight excluding hydrogens is 661 g/mol. The minimum Gasteiger partial charge on any atom is -0.744 e. The standard InChI is InChI=1S/C32H24N6O8S2/c33-23-11-15-27(47(41,42)43)21-9-13-25(31(39)29(21)23)37-35-19-5-1-17(2-6-19)18-3-7-20(8-4-18)36-38-26-14-10-22-28(48(44,45)46)16-12-24(34)30(22)32(26)40/h1-16,39-40H,33-34H2,(H,41,42,43)(H,44,45,46)/p-2. The third kappa shape index (κ3) is 6.10. The van der Waals surface area contributed by atoms with Crippen molar-refractivity contribution in [3.63, 3.8) is 0 Å². The van der Waals surface area contributed by atoms with E-state index in [4.69, 9.17) is 11.5 Å². The molecule has 6 aromatic carbocycles. The number of anilines is 2. The van der Waals surface area contributed by atoms with E-state index >= 15 is 0 Å². The van der Waals surface area contributed by atoms with E-state index < -0.39 is 41.5 Å². The van der Waals surface area contributed by atoms with Gasteiger partial charge in [-0.15, -0.1) is 10.2 Å². The first-order valence-corrected chi connectivity index (χ1v) is 16.6. The summed E-state index contributed by atoms with van der Waals surface area (Å²) in [6, 6.07) is 23.9. The predicted octanol–water partition coefficient (Wildman–Crippen LogP) is 6.87. The van der Waals surface area contributed by atoms with Crippen molar-refractivity contribution in [3.05, 3.63) is 97.1 Å². The third-order valence-electron chi connectivity index (χ3n) is 7.40. The summed E-state index contributed by atoms with van der Waals surface area (Å²) in [5.74, 6) is -0.839. The molecule has 0 atom stereocenters. The van der Waals surface area contributed by atoms with Crippen LogP contribution in [0.5, 0.6) is 11.5 Å². The summed E-state index contributed by atoms with van der Waals surface area (Å²) in [5.41, 5.74) is 14.6. The van der Waals surface area contributed by atoms with Crippen molar-refractivity contribution < 1.29 is 36.2 Å². The van der Waals surface area contributed by atoms with E-state index in [9.17, 15) is 36.2 Å². The van der Waals surface area contributed by atoms with Crippen LogP contribution in [0.1, 0.15) is 0 Å². The minimum atomic E-state index is -4.81. The van der Waals surface area contributed by atoms with Gasteiger partial charge >= 0.3 is 0 Å². The van der Waals surface area contributed by atoms with Crippen molar-refractivity contribution in [2.45, 2.75) is 9.79 Å². The molecule has 48 heavy (non-hydrogen) atoms. The second-order valence-corrected chi connectivity index (χ2v) is 13.1. The molecule has 6 rings (SSSR count). The summed E-state index contributed by atoms with van der Waals surface area (Å²) in [4.78, 5) is -1.02. The molecule has 0 spiro atoms. The van der Waals surface area contributed by atoms with Crippen molar-refractivity contribution in [3.8, 4) is 22.6 Å². The Kier molecular flexibility index (Phi) is 8.01. The number of nitrogens with two attached hydrogens (primary N) is 2. The Hall–Kier alpha value is -5.94. The zero-order chi connectivity index (χ0) is 34.4. The van der Waals surface area contributed by atoms with Crippen LogP contribution in [-0.4, -0.2) is 36.2 Å². The lowest BCUT2D eigenvalue weighted by molar-refractivity contribution is 0.461. The molecule has 0 radical (unpaired) electrons. The average molecular weight is 683 g/mol. The fourth-order valence-corrected chi connectivity index (χ4v) is 6.44. The van der Waals surface area contributed by atoms with Crippen molar-refractivity contribution in [2.24, 2.45) is 20.5 Å². The molecule has 0 fully saturated rings. The van der Waals surface area contributed by atoms with Crippen LogP contribution in [0.3, 0.4) is 0 Å². The second kappa shape index (κ2) is 12.0. The van der Waals surface area contributed by atoms with Gasteiger partial charge in [0.15, 0.2) is 11.5 Å². The monoisotopic (exact) mass is 682 g/mol. The summed E-state index contributed by atoms with van der Waals surface area (Å²) >= 11 is 0. The van der Waals surface area contributed by atoms with E-state index in [0.29, 0.717) is 11.4 Å². The molecule has 0 bridgehead atoms. The highest BCUT2D eigenvalue weighted by atomic mass is 32.2. The quantitative estimate of drug-likeness (QED) is 0.0771. The number of hydrogen-bond acceptors (Lipinski definition) is 14. The molecule has 0 heterocycles. The number of rotatable bonds is 7. The topological polar surface area (TPSA) is 256 Å². The minimum absolute atomic E-state index is 0.0177. The molecule has 14 nitrogen and oxygen atoms in total. The Morgan fingerprint density at radius 2 is 0.833 bits per heavy atom. The number of phenols is 2. The smallest absolute Gasteiger partial charge is 0.153 e. The van der Waals surface area contributed by atoms with Gasteiger partial charge in [0, 0.05) is 22.1 Å². The highest BCUT2D eigenvalue weighted by molar-refractivity contribution is 7.86. The Bertz CT molecular complexity index is 2360.